The van der Waals surface area contributed by atoms with Crippen molar-refractivity contribution in [3.63, 3.8) is 0 Å². The summed E-state index contributed by atoms with van der Waals surface area (Å²) in [5.41, 5.74) is 3.55. The third-order valence-corrected chi connectivity index (χ3v) is 5.17. The summed E-state index contributed by atoms with van der Waals surface area (Å²) in [4.78, 5) is 12.6. The number of hydrogen-bond acceptors (Lipinski definition) is 5. The molecule has 0 saturated heterocycles. The van der Waals surface area contributed by atoms with Crippen LogP contribution >= 0.6 is 0 Å². The Hall–Kier alpha value is -3.49. The molecule has 9 heteroatoms. The van der Waals surface area contributed by atoms with Crippen LogP contribution in [0.2, 0.25) is 0 Å². The second-order valence-electron chi connectivity index (χ2n) is 7.13. The predicted molar refractivity (Wildman–Crippen MR) is 109 cm³/mol. The normalized spacial score (nSPS) is 14.1. The number of nitrogens with zero attached hydrogens (tertiary/aromatic N) is 5. The van der Waals surface area contributed by atoms with E-state index in [4.69, 9.17) is 4.74 Å². The lowest BCUT2D eigenvalue weighted by Gasteiger charge is -2.22. The summed E-state index contributed by atoms with van der Waals surface area (Å²) in [5, 5.41) is 23.3. The largest absolute Gasteiger partial charge is 0.494 e. The molecule has 1 aliphatic heterocycles. The molecule has 1 aliphatic rings. The molecule has 0 spiro atoms. The fraction of sp³-hybridized carbons (Fsp3) is 0.333. The highest BCUT2D eigenvalue weighted by Crippen LogP contribution is 2.32. The first-order valence-corrected chi connectivity index (χ1v) is 9.76. The van der Waals surface area contributed by atoms with Crippen molar-refractivity contribution in [3.05, 3.63) is 47.3 Å². The third kappa shape index (κ3) is 3.36. The van der Waals surface area contributed by atoms with Gasteiger partial charge >= 0.3 is 6.09 Å². The van der Waals surface area contributed by atoms with Crippen molar-refractivity contribution in [1.29, 1.82) is 0 Å². The van der Waals surface area contributed by atoms with Gasteiger partial charge in [0.1, 0.15) is 22.6 Å². The van der Waals surface area contributed by atoms with Gasteiger partial charge < -0.3 is 9.84 Å². The molecule has 0 radical (unpaired) electrons. The smallest absolute Gasteiger partial charge is 0.411 e. The van der Waals surface area contributed by atoms with E-state index in [0.29, 0.717) is 54.3 Å². The van der Waals surface area contributed by atoms with Crippen LogP contribution in [0.4, 0.5) is 9.18 Å². The minimum Gasteiger partial charge on any atom is -0.494 e. The highest BCUT2D eigenvalue weighted by molar-refractivity contribution is 5.92. The Balaban J connectivity index is 1.88. The molecular weight excluding hydrogens is 389 g/mol. The molecule has 0 bridgehead atoms. The highest BCUT2D eigenvalue weighted by atomic mass is 19.1. The summed E-state index contributed by atoms with van der Waals surface area (Å²) in [6, 6.07) is 4.66. The number of halogens is 1. The molecule has 0 saturated carbocycles. The second-order valence-corrected chi connectivity index (χ2v) is 7.13. The van der Waals surface area contributed by atoms with Gasteiger partial charge in [0.2, 0.25) is 0 Å². The summed E-state index contributed by atoms with van der Waals surface area (Å²) >= 11 is 0. The van der Waals surface area contributed by atoms with Crippen LogP contribution in [0.3, 0.4) is 0 Å². The first-order valence-electron chi connectivity index (χ1n) is 9.76. The number of aryl methyl sites for hydroxylation is 2. The van der Waals surface area contributed by atoms with Crippen molar-refractivity contribution < 1.29 is 19.0 Å². The minimum atomic E-state index is -1.01. The minimum absolute atomic E-state index is 0.294. The van der Waals surface area contributed by atoms with Crippen LogP contribution in [-0.2, 0) is 0 Å². The average Bonchev–Trinajstić information content (AvgIpc) is 3.06. The zero-order chi connectivity index (χ0) is 21.4. The number of rotatable bonds is 4. The predicted octanol–water partition coefficient (Wildman–Crippen LogP) is 4.08. The molecule has 1 aromatic carbocycles. The van der Waals surface area contributed by atoms with E-state index in [2.05, 4.69) is 15.3 Å². The van der Waals surface area contributed by atoms with Crippen LogP contribution in [0, 0.1) is 19.7 Å². The van der Waals surface area contributed by atoms with Crippen LogP contribution in [0.5, 0.6) is 5.75 Å². The van der Waals surface area contributed by atoms with Crippen LogP contribution in [-0.4, -0.2) is 49.2 Å². The summed E-state index contributed by atoms with van der Waals surface area (Å²) in [6.07, 6.45) is 1.92. The van der Waals surface area contributed by atoms with E-state index in [-0.39, 0.29) is 0 Å². The molecule has 0 fully saturated rings. The maximum Gasteiger partial charge on any atom is 0.411 e. The lowest BCUT2D eigenvalue weighted by atomic mass is 10.0. The number of aromatic nitrogens is 4. The second kappa shape index (κ2) is 7.74. The van der Waals surface area contributed by atoms with E-state index in [0.717, 1.165) is 16.7 Å². The Bertz CT molecular complexity index is 1170. The number of benzene rings is 1. The van der Waals surface area contributed by atoms with E-state index in [1.807, 2.05) is 20.8 Å². The number of carbonyl (C=O) groups is 1. The molecule has 0 atom stereocenters. The first kappa shape index (κ1) is 19.8. The molecule has 2 aromatic heterocycles. The number of amides is 1. The van der Waals surface area contributed by atoms with Gasteiger partial charge in [0.15, 0.2) is 5.82 Å². The monoisotopic (exact) mass is 411 g/mol. The number of fused-ring (bicyclic) bond motifs is 1. The van der Waals surface area contributed by atoms with Crippen molar-refractivity contribution in [2.75, 3.05) is 13.2 Å². The molecule has 8 nitrogen and oxygen atoms in total. The van der Waals surface area contributed by atoms with E-state index in [1.54, 1.807) is 18.3 Å². The summed E-state index contributed by atoms with van der Waals surface area (Å²) in [7, 11) is 0. The molecule has 3 heterocycles. The molecule has 1 N–H and O–H groups in total. The summed E-state index contributed by atoms with van der Waals surface area (Å²) in [5.74, 6) is 0.000326. The van der Waals surface area contributed by atoms with Crippen LogP contribution in [0.1, 0.15) is 36.8 Å². The maximum absolute atomic E-state index is 14.8. The van der Waals surface area contributed by atoms with Gasteiger partial charge in [-0.1, -0.05) is 0 Å². The Kier molecular flexibility index (Phi) is 5.11. The molecule has 1 amide bonds. The highest BCUT2D eigenvalue weighted by Gasteiger charge is 2.23. The maximum atomic E-state index is 14.8. The topological polar surface area (TPSA) is 93.4 Å². The van der Waals surface area contributed by atoms with Gasteiger partial charge in [0, 0.05) is 24.2 Å². The van der Waals surface area contributed by atoms with E-state index < -0.39 is 11.9 Å². The third-order valence-electron chi connectivity index (χ3n) is 5.17. The number of hydrogen-bond donors (Lipinski definition) is 1. The van der Waals surface area contributed by atoms with Gasteiger partial charge in [-0.3, -0.25) is 4.90 Å². The fourth-order valence-corrected chi connectivity index (χ4v) is 3.78. The van der Waals surface area contributed by atoms with Crippen LogP contribution in [0.15, 0.2) is 24.4 Å². The van der Waals surface area contributed by atoms with Gasteiger partial charge in [0.25, 0.3) is 0 Å². The average molecular weight is 411 g/mol. The Labute approximate surface area is 172 Å². The Morgan fingerprint density at radius 2 is 2.10 bits per heavy atom. The van der Waals surface area contributed by atoms with Crippen molar-refractivity contribution in [2.45, 2.75) is 33.6 Å². The Morgan fingerprint density at radius 3 is 2.80 bits per heavy atom. The van der Waals surface area contributed by atoms with Gasteiger partial charge in [0.05, 0.1) is 18.0 Å². The molecule has 0 aliphatic carbocycles. The molecule has 30 heavy (non-hydrogen) atoms. The van der Waals surface area contributed by atoms with Gasteiger partial charge in [-0.15, -0.1) is 5.10 Å². The SMILES string of the molecule is CCOc1ccc(-n2nc3c(C4=CN(C(=O)O)CCC4)nnc(C)c3c2C)c(F)c1. The van der Waals surface area contributed by atoms with Crippen molar-refractivity contribution in [2.24, 2.45) is 0 Å². The van der Waals surface area contributed by atoms with E-state index >= 15 is 0 Å². The summed E-state index contributed by atoms with van der Waals surface area (Å²) in [6.45, 7) is 6.40. The lowest BCUT2D eigenvalue weighted by Crippen LogP contribution is -2.28. The molecule has 3 aromatic rings. The van der Waals surface area contributed by atoms with Crippen molar-refractivity contribution in [3.8, 4) is 11.4 Å². The standard InChI is InChI=1S/C21H22FN5O3/c1-4-30-15-7-8-17(16(22)10-15)27-13(3)18-12(2)23-24-19(20(18)25-27)14-6-5-9-26(11-14)21(28)29/h7-8,10-11H,4-6,9H2,1-3H3,(H,28,29). The van der Waals surface area contributed by atoms with Gasteiger partial charge in [-0.25, -0.2) is 13.9 Å². The lowest BCUT2D eigenvalue weighted by molar-refractivity contribution is 0.161. The first-order chi connectivity index (χ1) is 14.4. The number of ether oxygens (including phenoxy) is 1. The fourth-order valence-electron chi connectivity index (χ4n) is 3.78. The van der Waals surface area contributed by atoms with E-state index in [1.165, 1.54) is 15.6 Å². The van der Waals surface area contributed by atoms with E-state index in [9.17, 15) is 14.3 Å². The van der Waals surface area contributed by atoms with Crippen molar-refractivity contribution >= 4 is 22.6 Å². The molecule has 156 valence electrons. The van der Waals surface area contributed by atoms with Crippen molar-refractivity contribution in [1.82, 2.24) is 24.9 Å². The van der Waals surface area contributed by atoms with Crippen LogP contribution in [0.25, 0.3) is 22.2 Å². The van der Waals surface area contributed by atoms with Crippen LogP contribution < -0.4 is 4.74 Å². The van der Waals surface area contributed by atoms with Gasteiger partial charge in [-0.05, 0) is 51.3 Å². The Morgan fingerprint density at radius 1 is 1.30 bits per heavy atom. The van der Waals surface area contributed by atoms with Gasteiger partial charge in [-0.2, -0.15) is 10.2 Å². The molecule has 0 unspecified atom stereocenters. The number of allylic oxidation sites excluding steroid dienone is 1. The number of carboxylic acid groups (broad SMARTS) is 1. The summed E-state index contributed by atoms with van der Waals surface area (Å²) < 4.78 is 21.7. The quantitative estimate of drug-likeness (QED) is 0.695. The molecule has 4 rings (SSSR count). The molecular formula is C21H22FN5O3. The zero-order valence-corrected chi connectivity index (χ0v) is 17.0. The zero-order valence-electron chi connectivity index (χ0n) is 17.0.